The molecule has 0 radical (unpaired) electrons. The first kappa shape index (κ1) is 16.7. The average molecular weight is 297 g/mol. The van der Waals surface area contributed by atoms with E-state index in [1.807, 2.05) is 0 Å². The quantitative estimate of drug-likeness (QED) is 0.782. The molecule has 2 aliphatic rings. The Bertz CT molecular complexity index is 323. The van der Waals surface area contributed by atoms with Gasteiger partial charge in [0.1, 0.15) is 0 Å². The van der Waals surface area contributed by atoms with Gasteiger partial charge in [-0.2, -0.15) is 0 Å². The largest absolute Gasteiger partial charge is 0.395 e. The number of aliphatic hydroxyl groups is 1. The molecule has 2 unspecified atom stereocenters. The normalized spacial score (nSPS) is 28.4. The van der Waals surface area contributed by atoms with Crippen LogP contribution in [-0.4, -0.2) is 66.7 Å². The van der Waals surface area contributed by atoms with Crippen LogP contribution in [0.2, 0.25) is 0 Å². The van der Waals surface area contributed by atoms with Gasteiger partial charge in [-0.1, -0.05) is 12.8 Å². The molecule has 21 heavy (non-hydrogen) atoms. The van der Waals surface area contributed by atoms with Gasteiger partial charge in [-0.05, 0) is 44.7 Å². The van der Waals surface area contributed by atoms with Crippen molar-refractivity contribution in [2.75, 3.05) is 45.9 Å². The first-order valence-corrected chi connectivity index (χ1v) is 8.56. The van der Waals surface area contributed by atoms with E-state index in [2.05, 4.69) is 9.80 Å². The van der Waals surface area contributed by atoms with Crippen LogP contribution in [0.4, 0.5) is 0 Å². The molecule has 1 aliphatic heterocycles. The van der Waals surface area contributed by atoms with Crippen molar-refractivity contribution in [3.8, 4) is 0 Å². The van der Waals surface area contributed by atoms with Gasteiger partial charge in [0.2, 0.25) is 5.91 Å². The SMILES string of the molecule is NCCC1CCCC(C(=O)N2CCCN(CCO)CC2)C1. The Hall–Kier alpha value is -0.650. The van der Waals surface area contributed by atoms with Crippen molar-refractivity contribution in [1.82, 2.24) is 9.80 Å². The van der Waals surface area contributed by atoms with Gasteiger partial charge in [-0.15, -0.1) is 0 Å². The molecule has 2 rings (SSSR count). The summed E-state index contributed by atoms with van der Waals surface area (Å²) in [4.78, 5) is 17.1. The van der Waals surface area contributed by atoms with Gasteiger partial charge < -0.3 is 15.7 Å². The predicted molar refractivity (Wildman–Crippen MR) is 83.8 cm³/mol. The minimum absolute atomic E-state index is 0.206. The second-order valence-electron chi connectivity index (χ2n) is 6.55. The number of carbonyl (C=O) groups is 1. The molecular weight excluding hydrogens is 266 g/mol. The molecular formula is C16H31N3O2. The van der Waals surface area contributed by atoms with Crippen LogP contribution in [-0.2, 0) is 4.79 Å². The second kappa shape index (κ2) is 8.71. The molecule has 1 aliphatic carbocycles. The first-order valence-electron chi connectivity index (χ1n) is 8.56. The van der Waals surface area contributed by atoms with E-state index in [-0.39, 0.29) is 12.5 Å². The number of carbonyl (C=O) groups excluding carboxylic acids is 1. The smallest absolute Gasteiger partial charge is 0.225 e. The minimum Gasteiger partial charge on any atom is -0.395 e. The van der Waals surface area contributed by atoms with E-state index in [0.717, 1.165) is 65.0 Å². The molecule has 3 N–H and O–H groups in total. The Morgan fingerprint density at radius 3 is 2.76 bits per heavy atom. The van der Waals surface area contributed by atoms with Crippen LogP contribution in [0.25, 0.3) is 0 Å². The molecule has 0 aromatic rings. The van der Waals surface area contributed by atoms with E-state index in [9.17, 15) is 4.79 Å². The van der Waals surface area contributed by atoms with E-state index in [0.29, 0.717) is 11.8 Å². The highest BCUT2D eigenvalue weighted by atomic mass is 16.3. The topological polar surface area (TPSA) is 69.8 Å². The molecule has 122 valence electrons. The van der Waals surface area contributed by atoms with Crippen LogP contribution in [0.5, 0.6) is 0 Å². The summed E-state index contributed by atoms with van der Waals surface area (Å²) in [7, 11) is 0. The number of nitrogens with zero attached hydrogens (tertiary/aromatic N) is 2. The Kier molecular flexibility index (Phi) is 6.93. The first-order chi connectivity index (χ1) is 10.2. The van der Waals surface area contributed by atoms with Crippen molar-refractivity contribution in [1.29, 1.82) is 0 Å². The lowest BCUT2D eigenvalue weighted by atomic mass is 9.79. The van der Waals surface area contributed by atoms with Crippen molar-refractivity contribution >= 4 is 5.91 Å². The summed E-state index contributed by atoms with van der Waals surface area (Å²) >= 11 is 0. The molecule has 1 heterocycles. The maximum atomic E-state index is 12.7. The summed E-state index contributed by atoms with van der Waals surface area (Å²) in [6.45, 7) is 5.25. The Morgan fingerprint density at radius 2 is 2.00 bits per heavy atom. The third-order valence-corrected chi connectivity index (χ3v) is 5.02. The van der Waals surface area contributed by atoms with Gasteiger partial charge in [-0.3, -0.25) is 9.69 Å². The average Bonchev–Trinajstić information content (AvgIpc) is 2.73. The summed E-state index contributed by atoms with van der Waals surface area (Å²) in [5.74, 6) is 1.23. The molecule has 0 bridgehead atoms. The van der Waals surface area contributed by atoms with Gasteiger partial charge >= 0.3 is 0 Å². The van der Waals surface area contributed by atoms with E-state index >= 15 is 0 Å². The van der Waals surface area contributed by atoms with Crippen molar-refractivity contribution in [2.45, 2.75) is 38.5 Å². The van der Waals surface area contributed by atoms with Gasteiger partial charge in [0, 0.05) is 32.1 Å². The highest BCUT2D eigenvalue weighted by Gasteiger charge is 2.30. The van der Waals surface area contributed by atoms with Crippen LogP contribution < -0.4 is 5.73 Å². The summed E-state index contributed by atoms with van der Waals surface area (Å²) < 4.78 is 0. The van der Waals surface area contributed by atoms with Crippen LogP contribution >= 0.6 is 0 Å². The zero-order chi connectivity index (χ0) is 15.1. The third kappa shape index (κ3) is 4.94. The summed E-state index contributed by atoms with van der Waals surface area (Å²) in [6.07, 6.45) is 6.58. The number of nitrogens with two attached hydrogens (primary N) is 1. The highest BCUT2D eigenvalue weighted by Crippen LogP contribution is 2.32. The molecule has 0 aromatic heterocycles. The lowest BCUT2D eigenvalue weighted by Crippen LogP contribution is -2.40. The maximum absolute atomic E-state index is 12.7. The number of aliphatic hydroxyl groups excluding tert-OH is 1. The summed E-state index contributed by atoms with van der Waals surface area (Å²) in [5, 5.41) is 9.04. The molecule has 0 aromatic carbocycles. The fourth-order valence-corrected chi connectivity index (χ4v) is 3.83. The van der Waals surface area contributed by atoms with Crippen molar-refractivity contribution in [2.24, 2.45) is 17.6 Å². The number of β-amino-alcohol motifs (C(OH)–C–C–N with tert-alkyl or cyclic N) is 1. The molecule has 5 nitrogen and oxygen atoms in total. The molecule has 1 saturated carbocycles. The van der Waals surface area contributed by atoms with Gasteiger partial charge in [-0.25, -0.2) is 0 Å². The van der Waals surface area contributed by atoms with Crippen LogP contribution in [0, 0.1) is 11.8 Å². The van der Waals surface area contributed by atoms with Crippen molar-refractivity contribution in [3.05, 3.63) is 0 Å². The third-order valence-electron chi connectivity index (χ3n) is 5.02. The standard InChI is InChI=1S/C16H31N3O2/c17-6-5-14-3-1-4-15(13-14)16(21)19-8-2-7-18(9-10-19)11-12-20/h14-15,20H,1-13,17H2. The lowest BCUT2D eigenvalue weighted by molar-refractivity contribution is -0.137. The second-order valence-corrected chi connectivity index (χ2v) is 6.55. The highest BCUT2D eigenvalue weighted by molar-refractivity contribution is 5.79. The minimum atomic E-state index is 0.206. The zero-order valence-electron chi connectivity index (χ0n) is 13.2. The van der Waals surface area contributed by atoms with E-state index < -0.39 is 0 Å². The van der Waals surface area contributed by atoms with Gasteiger partial charge in [0.25, 0.3) is 0 Å². The number of rotatable bonds is 5. The molecule has 2 atom stereocenters. The van der Waals surface area contributed by atoms with Crippen molar-refractivity contribution < 1.29 is 9.90 Å². The van der Waals surface area contributed by atoms with Crippen LogP contribution in [0.15, 0.2) is 0 Å². The maximum Gasteiger partial charge on any atom is 0.225 e. The zero-order valence-corrected chi connectivity index (χ0v) is 13.2. The number of amides is 1. The number of hydrogen-bond acceptors (Lipinski definition) is 4. The monoisotopic (exact) mass is 297 g/mol. The Balaban J connectivity index is 1.84. The fourth-order valence-electron chi connectivity index (χ4n) is 3.83. The summed E-state index contributed by atoms with van der Waals surface area (Å²) in [5.41, 5.74) is 5.67. The van der Waals surface area contributed by atoms with Crippen molar-refractivity contribution in [3.63, 3.8) is 0 Å². The van der Waals surface area contributed by atoms with E-state index in [4.69, 9.17) is 10.8 Å². The predicted octanol–water partition coefficient (Wildman–Crippen LogP) is 0.668. The van der Waals surface area contributed by atoms with E-state index in [1.54, 1.807) is 0 Å². The Morgan fingerprint density at radius 1 is 1.14 bits per heavy atom. The molecule has 1 saturated heterocycles. The molecule has 5 heteroatoms. The molecule has 0 spiro atoms. The van der Waals surface area contributed by atoms with Crippen LogP contribution in [0.3, 0.4) is 0 Å². The fraction of sp³-hybridized carbons (Fsp3) is 0.938. The van der Waals surface area contributed by atoms with E-state index in [1.165, 1.54) is 12.8 Å². The summed E-state index contributed by atoms with van der Waals surface area (Å²) in [6, 6.07) is 0. The number of hydrogen-bond donors (Lipinski definition) is 2. The van der Waals surface area contributed by atoms with Crippen LogP contribution in [0.1, 0.15) is 38.5 Å². The van der Waals surface area contributed by atoms with Gasteiger partial charge in [0.05, 0.1) is 6.61 Å². The Labute approximate surface area is 128 Å². The molecule has 1 amide bonds. The lowest BCUT2D eigenvalue weighted by Gasteiger charge is -2.32. The molecule has 2 fully saturated rings. The van der Waals surface area contributed by atoms with Gasteiger partial charge in [0.15, 0.2) is 0 Å².